The lowest BCUT2D eigenvalue weighted by Gasteiger charge is -1.99. The fraction of sp³-hybridized carbons (Fsp3) is 0.167. The van der Waals surface area contributed by atoms with Gasteiger partial charge in [0, 0.05) is 22.3 Å². The predicted molar refractivity (Wildman–Crippen MR) is 121 cm³/mol. The van der Waals surface area contributed by atoms with Crippen molar-refractivity contribution in [3.05, 3.63) is 74.7 Å². The summed E-state index contributed by atoms with van der Waals surface area (Å²) in [5.74, 6) is -0.613. The number of hydrogen-bond acceptors (Lipinski definition) is 8. The number of benzene rings is 1. The number of thiophene rings is 1. The second-order valence-corrected chi connectivity index (χ2v) is 8.71. The summed E-state index contributed by atoms with van der Waals surface area (Å²) in [6.07, 6.45) is 1.22. The molecule has 0 spiro atoms. The summed E-state index contributed by atoms with van der Waals surface area (Å²) in [5, 5.41) is 19.6. The Morgan fingerprint density at radius 3 is 2.59 bits per heavy atom. The summed E-state index contributed by atoms with van der Waals surface area (Å²) in [6, 6.07) is 17.1. The first-order valence-corrected chi connectivity index (χ1v) is 11.3. The number of allylic oxidation sites excluding steroid dienone is 1. The highest BCUT2D eigenvalue weighted by Crippen LogP contribution is 2.31. The maximum absolute atomic E-state index is 12.8. The van der Waals surface area contributed by atoms with Crippen LogP contribution in [0.15, 0.2) is 62.4 Å². The Kier molecular flexibility index (Phi) is 7.67. The van der Waals surface area contributed by atoms with E-state index in [1.165, 1.54) is 17.8 Å². The van der Waals surface area contributed by atoms with E-state index in [1.807, 2.05) is 42.5 Å². The van der Waals surface area contributed by atoms with Crippen LogP contribution in [-0.4, -0.2) is 18.4 Å². The number of ether oxygens (including phenoxy) is 1. The number of esters is 1. The van der Waals surface area contributed by atoms with Crippen LogP contribution in [0.1, 0.15) is 38.4 Å². The summed E-state index contributed by atoms with van der Waals surface area (Å²) in [5.41, 5.74) is 0.654. The molecule has 0 radical (unpaired) electrons. The van der Waals surface area contributed by atoms with Crippen LogP contribution in [0.25, 0.3) is 6.08 Å². The number of Topliss-reactive ketones (excluding diaryl/α,β-unsaturated/α-hetero) is 1. The van der Waals surface area contributed by atoms with E-state index in [0.29, 0.717) is 26.2 Å². The number of carbonyl (C=O) groups is 2. The predicted octanol–water partition coefficient (Wildman–Crippen LogP) is 5.57. The maximum Gasteiger partial charge on any atom is 0.348 e. The van der Waals surface area contributed by atoms with Crippen molar-refractivity contribution in [3.63, 3.8) is 0 Å². The number of furan rings is 1. The first kappa shape index (κ1) is 23.1. The Labute approximate surface area is 193 Å². The summed E-state index contributed by atoms with van der Waals surface area (Å²) in [6.45, 7) is 3.55. The molecule has 0 aliphatic heterocycles. The number of nitrogens with zero attached hydrogens (tertiary/aromatic N) is 2. The normalized spacial score (nSPS) is 10.9. The van der Waals surface area contributed by atoms with E-state index < -0.39 is 11.8 Å². The zero-order valence-electron chi connectivity index (χ0n) is 17.4. The SMILES string of the molecule is CCOC(=O)c1sc(CC(=O)C(C#N)=Cc2ccc(Sc3ccccc3)o2)c(C#N)c1C. The molecular weight excluding hydrogens is 444 g/mol. The van der Waals surface area contributed by atoms with E-state index in [2.05, 4.69) is 0 Å². The lowest BCUT2D eigenvalue weighted by molar-refractivity contribution is -0.114. The number of ketones is 1. The van der Waals surface area contributed by atoms with Crippen LogP contribution >= 0.6 is 23.1 Å². The molecule has 0 atom stereocenters. The molecule has 32 heavy (non-hydrogen) atoms. The van der Waals surface area contributed by atoms with E-state index >= 15 is 0 Å². The second kappa shape index (κ2) is 10.6. The topological polar surface area (TPSA) is 104 Å². The molecule has 0 saturated carbocycles. The minimum Gasteiger partial charge on any atom is -0.462 e. The van der Waals surface area contributed by atoms with Crippen molar-refractivity contribution in [3.8, 4) is 12.1 Å². The molecule has 160 valence electrons. The zero-order chi connectivity index (χ0) is 23.1. The quantitative estimate of drug-likeness (QED) is 0.245. The number of nitriles is 2. The molecule has 2 aromatic heterocycles. The molecule has 1 aromatic carbocycles. The highest BCUT2D eigenvalue weighted by molar-refractivity contribution is 7.99. The molecule has 6 nitrogen and oxygen atoms in total. The first-order chi connectivity index (χ1) is 15.5. The first-order valence-electron chi connectivity index (χ1n) is 9.64. The second-order valence-electron chi connectivity index (χ2n) is 6.53. The molecule has 0 fully saturated rings. The Hall–Kier alpha value is -3.59. The Morgan fingerprint density at radius 1 is 1.19 bits per heavy atom. The van der Waals surface area contributed by atoms with Crippen molar-refractivity contribution in [2.45, 2.75) is 30.3 Å². The van der Waals surface area contributed by atoms with E-state index in [4.69, 9.17) is 9.15 Å². The summed E-state index contributed by atoms with van der Waals surface area (Å²) < 4.78 is 10.7. The van der Waals surface area contributed by atoms with Crippen LogP contribution in [0, 0.1) is 29.6 Å². The fourth-order valence-corrected chi connectivity index (χ4v) is 4.81. The lowest BCUT2D eigenvalue weighted by atomic mass is 10.0. The molecular formula is C24H18N2O4S2. The van der Waals surface area contributed by atoms with Crippen LogP contribution in [-0.2, 0) is 16.0 Å². The van der Waals surface area contributed by atoms with Crippen LogP contribution in [0.2, 0.25) is 0 Å². The minimum atomic E-state index is -0.528. The molecule has 2 heterocycles. The number of rotatable bonds is 8. The van der Waals surface area contributed by atoms with Gasteiger partial charge in [0.1, 0.15) is 22.8 Å². The Balaban J connectivity index is 1.79. The van der Waals surface area contributed by atoms with Crippen LogP contribution in [0.5, 0.6) is 0 Å². The van der Waals surface area contributed by atoms with Crippen molar-refractivity contribution in [1.82, 2.24) is 0 Å². The summed E-state index contributed by atoms with van der Waals surface area (Å²) in [4.78, 5) is 26.6. The van der Waals surface area contributed by atoms with Gasteiger partial charge in [0.05, 0.1) is 17.7 Å². The Bertz CT molecular complexity index is 1260. The van der Waals surface area contributed by atoms with Gasteiger partial charge in [0.25, 0.3) is 0 Å². The Morgan fingerprint density at radius 2 is 1.94 bits per heavy atom. The summed E-state index contributed by atoms with van der Waals surface area (Å²) >= 11 is 2.47. The van der Waals surface area contributed by atoms with Gasteiger partial charge in [-0.3, -0.25) is 4.79 Å². The van der Waals surface area contributed by atoms with Gasteiger partial charge >= 0.3 is 5.97 Å². The minimum absolute atomic E-state index is 0.0942. The van der Waals surface area contributed by atoms with E-state index in [1.54, 1.807) is 26.0 Å². The molecule has 0 aliphatic rings. The number of carbonyl (C=O) groups excluding carboxylic acids is 2. The highest BCUT2D eigenvalue weighted by Gasteiger charge is 2.23. The maximum atomic E-state index is 12.8. The van der Waals surface area contributed by atoms with E-state index in [0.717, 1.165) is 16.2 Å². The average molecular weight is 463 g/mol. The van der Waals surface area contributed by atoms with Gasteiger partial charge in [-0.25, -0.2) is 4.79 Å². The van der Waals surface area contributed by atoms with Crippen LogP contribution in [0.4, 0.5) is 0 Å². The van der Waals surface area contributed by atoms with Crippen molar-refractivity contribution >= 4 is 40.9 Å². The van der Waals surface area contributed by atoms with Crippen molar-refractivity contribution < 1.29 is 18.7 Å². The molecule has 0 saturated heterocycles. The molecule has 0 N–H and O–H groups in total. The van der Waals surface area contributed by atoms with E-state index in [-0.39, 0.29) is 24.2 Å². The molecule has 3 aromatic rings. The van der Waals surface area contributed by atoms with Gasteiger partial charge in [0.15, 0.2) is 10.9 Å². The average Bonchev–Trinajstić information content (AvgIpc) is 3.36. The fourth-order valence-electron chi connectivity index (χ4n) is 2.87. The van der Waals surface area contributed by atoms with Gasteiger partial charge in [-0.05, 0) is 43.7 Å². The van der Waals surface area contributed by atoms with Gasteiger partial charge in [-0.2, -0.15) is 10.5 Å². The molecule has 3 rings (SSSR count). The van der Waals surface area contributed by atoms with E-state index in [9.17, 15) is 20.1 Å². The van der Waals surface area contributed by atoms with Crippen LogP contribution < -0.4 is 0 Å². The molecule has 0 aliphatic carbocycles. The van der Waals surface area contributed by atoms with Crippen molar-refractivity contribution in [2.24, 2.45) is 0 Å². The third-order valence-electron chi connectivity index (χ3n) is 4.38. The van der Waals surface area contributed by atoms with Crippen LogP contribution in [0.3, 0.4) is 0 Å². The third-order valence-corrected chi connectivity index (χ3v) is 6.58. The molecule has 0 amide bonds. The zero-order valence-corrected chi connectivity index (χ0v) is 19.0. The molecule has 0 unspecified atom stereocenters. The standard InChI is InChI=1S/C24H18N2O4S2/c1-3-29-24(28)23-15(2)19(14-26)21(32-23)12-20(27)16(13-25)11-17-9-10-22(30-17)31-18-7-5-4-6-8-18/h4-11H,3,12H2,1-2H3. The largest absolute Gasteiger partial charge is 0.462 e. The van der Waals surface area contributed by atoms with Crippen molar-refractivity contribution in [2.75, 3.05) is 6.61 Å². The third kappa shape index (κ3) is 5.36. The van der Waals surface area contributed by atoms with Gasteiger partial charge in [-0.15, -0.1) is 11.3 Å². The van der Waals surface area contributed by atoms with Gasteiger partial charge in [0.2, 0.25) is 0 Å². The lowest BCUT2D eigenvalue weighted by Crippen LogP contribution is -2.05. The van der Waals surface area contributed by atoms with Gasteiger partial charge < -0.3 is 9.15 Å². The smallest absolute Gasteiger partial charge is 0.348 e. The highest BCUT2D eigenvalue weighted by atomic mass is 32.2. The molecule has 8 heteroatoms. The molecule has 0 bridgehead atoms. The van der Waals surface area contributed by atoms with Gasteiger partial charge in [-0.1, -0.05) is 30.0 Å². The summed E-state index contributed by atoms with van der Waals surface area (Å²) in [7, 11) is 0. The number of hydrogen-bond donors (Lipinski definition) is 0. The monoisotopic (exact) mass is 462 g/mol. The van der Waals surface area contributed by atoms with Crippen molar-refractivity contribution in [1.29, 1.82) is 10.5 Å².